The molecule has 2 heterocycles. The van der Waals surface area contributed by atoms with Crippen LogP contribution in [0, 0.1) is 10.1 Å². The van der Waals surface area contributed by atoms with Crippen molar-refractivity contribution in [2.24, 2.45) is 0 Å². The van der Waals surface area contributed by atoms with Gasteiger partial charge in [0.2, 0.25) is 15.9 Å². The van der Waals surface area contributed by atoms with Crippen LogP contribution in [-0.4, -0.2) is 59.2 Å². The van der Waals surface area contributed by atoms with E-state index in [0.29, 0.717) is 5.92 Å². The fourth-order valence-electron chi connectivity index (χ4n) is 3.35. The van der Waals surface area contributed by atoms with Gasteiger partial charge < -0.3 is 4.90 Å². The number of amides is 1. The van der Waals surface area contributed by atoms with E-state index in [1.807, 2.05) is 13.8 Å². The summed E-state index contributed by atoms with van der Waals surface area (Å²) in [6.07, 6.45) is 1.03. The van der Waals surface area contributed by atoms with E-state index in [1.165, 1.54) is 9.21 Å². The second-order valence-corrected chi connectivity index (χ2v) is 9.56. The van der Waals surface area contributed by atoms with Gasteiger partial charge in [0.15, 0.2) is 0 Å². The number of aromatic nitrogens is 1. The Morgan fingerprint density at radius 1 is 1.06 bits per heavy atom. The maximum atomic E-state index is 12.9. The molecule has 1 aromatic carbocycles. The van der Waals surface area contributed by atoms with E-state index in [2.05, 4.69) is 0 Å². The third kappa shape index (κ3) is 5.00. The lowest BCUT2D eigenvalue weighted by Gasteiger charge is -2.34. The summed E-state index contributed by atoms with van der Waals surface area (Å²) in [5.41, 5.74) is 0.238. The summed E-state index contributed by atoms with van der Waals surface area (Å²) < 4.78 is 28.1. The van der Waals surface area contributed by atoms with Gasteiger partial charge >= 0.3 is 0 Å². The summed E-state index contributed by atoms with van der Waals surface area (Å²) in [5.74, 6) is -0.106. The maximum Gasteiger partial charge on any atom is 0.285 e. The molecule has 31 heavy (non-hydrogen) atoms. The normalized spacial score (nSPS) is 15.3. The second kappa shape index (κ2) is 8.98. The number of nitrogens with zero attached hydrogens (tertiary/aromatic N) is 4. The molecular formula is C20H24N4O6S. The minimum Gasteiger partial charge on any atom is -0.339 e. The van der Waals surface area contributed by atoms with Gasteiger partial charge in [0.1, 0.15) is 6.54 Å². The van der Waals surface area contributed by atoms with Gasteiger partial charge in [-0.1, -0.05) is 26.0 Å². The number of benzene rings is 1. The zero-order chi connectivity index (χ0) is 22.8. The molecule has 10 nitrogen and oxygen atoms in total. The minimum atomic E-state index is -3.67. The van der Waals surface area contributed by atoms with Crippen LogP contribution in [0.2, 0.25) is 0 Å². The lowest BCUT2D eigenvalue weighted by molar-refractivity contribution is -0.385. The average molecular weight is 449 g/mol. The van der Waals surface area contributed by atoms with Crippen LogP contribution >= 0.6 is 0 Å². The van der Waals surface area contributed by atoms with Gasteiger partial charge in [-0.2, -0.15) is 4.31 Å². The zero-order valence-corrected chi connectivity index (χ0v) is 18.1. The van der Waals surface area contributed by atoms with Gasteiger partial charge in [0.05, 0.1) is 16.0 Å². The fourth-order valence-corrected chi connectivity index (χ4v) is 4.77. The molecule has 0 radical (unpaired) electrons. The molecule has 2 aromatic rings. The summed E-state index contributed by atoms with van der Waals surface area (Å²) in [4.78, 5) is 36.4. The predicted molar refractivity (Wildman–Crippen MR) is 113 cm³/mol. The molecular weight excluding hydrogens is 424 g/mol. The van der Waals surface area contributed by atoms with E-state index in [0.717, 1.165) is 28.5 Å². The molecule has 166 valence electrons. The molecule has 0 saturated carbocycles. The summed E-state index contributed by atoms with van der Waals surface area (Å²) in [6, 6.07) is 8.91. The molecule has 11 heteroatoms. The minimum absolute atomic E-state index is 0.129. The number of rotatable bonds is 6. The Labute approximate surface area is 179 Å². The first-order valence-electron chi connectivity index (χ1n) is 9.82. The zero-order valence-electron chi connectivity index (χ0n) is 17.3. The fraction of sp³-hybridized carbons (Fsp3) is 0.400. The van der Waals surface area contributed by atoms with Crippen molar-refractivity contribution in [1.29, 1.82) is 0 Å². The summed E-state index contributed by atoms with van der Waals surface area (Å²) in [5, 5.41) is 10.9. The topological polar surface area (TPSA) is 123 Å². The number of carbonyl (C=O) groups excluding carboxylic acids is 1. The molecule has 1 fully saturated rings. The van der Waals surface area contributed by atoms with Crippen LogP contribution in [0.3, 0.4) is 0 Å². The van der Waals surface area contributed by atoms with E-state index in [9.17, 15) is 28.1 Å². The molecule has 0 N–H and O–H groups in total. The Hall–Kier alpha value is -3.05. The number of piperazine rings is 1. The molecule has 0 aliphatic carbocycles. The number of sulfonamides is 1. The van der Waals surface area contributed by atoms with Crippen molar-refractivity contribution in [2.45, 2.75) is 31.2 Å². The first kappa shape index (κ1) is 22.6. The number of hydrogen-bond acceptors (Lipinski definition) is 6. The Morgan fingerprint density at radius 3 is 2.23 bits per heavy atom. The van der Waals surface area contributed by atoms with Crippen LogP contribution < -0.4 is 5.56 Å². The number of nitro groups is 1. The number of hydrogen-bond donors (Lipinski definition) is 0. The Balaban J connectivity index is 1.65. The van der Waals surface area contributed by atoms with Gasteiger partial charge in [-0.3, -0.25) is 24.3 Å². The van der Waals surface area contributed by atoms with Gasteiger partial charge in [0, 0.05) is 38.3 Å². The Morgan fingerprint density at radius 2 is 1.68 bits per heavy atom. The highest BCUT2D eigenvalue weighted by Gasteiger charge is 2.30. The van der Waals surface area contributed by atoms with E-state index >= 15 is 0 Å². The quantitative estimate of drug-likeness (QED) is 0.486. The lowest BCUT2D eigenvalue weighted by atomic mass is 10.0. The lowest BCUT2D eigenvalue weighted by Crippen LogP contribution is -2.51. The summed E-state index contributed by atoms with van der Waals surface area (Å²) in [6.45, 7) is 4.32. The first-order valence-corrected chi connectivity index (χ1v) is 11.3. The van der Waals surface area contributed by atoms with E-state index in [1.54, 1.807) is 24.3 Å². The summed E-state index contributed by atoms with van der Waals surface area (Å²) >= 11 is 0. The van der Waals surface area contributed by atoms with E-state index in [4.69, 9.17) is 0 Å². The van der Waals surface area contributed by atoms with Gasteiger partial charge in [-0.15, -0.1) is 0 Å². The maximum absolute atomic E-state index is 12.9. The van der Waals surface area contributed by atoms with Crippen molar-refractivity contribution in [3.8, 4) is 0 Å². The van der Waals surface area contributed by atoms with Crippen molar-refractivity contribution < 1.29 is 18.1 Å². The Bertz CT molecular complexity index is 1130. The van der Waals surface area contributed by atoms with Crippen LogP contribution in [-0.2, 0) is 21.4 Å². The third-order valence-corrected chi connectivity index (χ3v) is 7.17. The molecule has 0 unspecified atom stereocenters. The van der Waals surface area contributed by atoms with Crippen molar-refractivity contribution in [2.75, 3.05) is 26.2 Å². The highest BCUT2D eigenvalue weighted by molar-refractivity contribution is 7.89. The molecule has 1 aromatic heterocycles. The monoisotopic (exact) mass is 448 g/mol. The van der Waals surface area contributed by atoms with Crippen molar-refractivity contribution in [1.82, 2.24) is 13.8 Å². The van der Waals surface area contributed by atoms with Crippen molar-refractivity contribution in [3.05, 3.63) is 68.6 Å². The second-order valence-electron chi connectivity index (χ2n) is 7.62. The molecule has 0 bridgehead atoms. The standard InChI is InChI=1S/C20H24N4O6S/c1-15(2)16-3-6-18(7-4-16)31(29,30)23-11-9-21(10-12-23)20(26)14-22-13-17(24(27)28)5-8-19(22)25/h3-8,13,15H,9-12,14H2,1-2H3. The SMILES string of the molecule is CC(C)c1ccc(S(=O)(=O)N2CCN(C(=O)Cn3cc([N+](=O)[O-])ccc3=O)CC2)cc1. The molecule has 1 amide bonds. The van der Waals surface area contributed by atoms with Crippen LogP contribution in [0.4, 0.5) is 5.69 Å². The average Bonchev–Trinajstić information content (AvgIpc) is 2.75. The molecule has 1 saturated heterocycles. The van der Waals surface area contributed by atoms with Crippen LogP contribution in [0.25, 0.3) is 0 Å². The largest absolute Gasteiger partial charge is 0.339 e. The molecule has 1 aliphatic rings. The Kier molecular flexibility index (Phi) is 6.56. The van der Waals surface area contributed by atoms with Crippen LogP contribution in [0.5, 0.6) is 0 Å². The number of carbonyl (C=O) groups is 1. The van der Waals surface area contributed by atoms with Gasteiger partial charge in [-0.05, 0) is 23.6 Å². The highest BCUT2D eigenvalue weighted by atomic mass is 32.2. The van der Waals surface area contributed by atoms with Crippen molar-refractivity contribution >= 4 is 21.6 Å². The molecule has 0 atom stereocenters. The summed E-state index contributed by atoms with van der Waals surface area (Å²) in [7, 11) is -3.67. The van der Waals surface area contributed by atoms with Crippen LogP contribution in [0.1, 0.15) is 25.3 Å². The molecule has 1 aliphatic heterocycles. The number of pyridine rings is 1. The van der Waals surface area contributed by atoms with E-state index < -0.39 is 26.4 Å². The van der Waals surface area contributed by atoms with Gasteiger partial charge in [0.25, 0.3) is 11.2 Å². The van der Waals surface area contributed by atoms with Crippen LogP contribution in [0.15, 0.2) is 52.3 Å². The highest BCUT2D eigenvalue weighted by Crippen LogP contribution is 2.21. The third-order valence-electron chi connectivity index (χ3n) is 5.26. The smallest absolute Gasteiger partial charge is 0.285 e. The molecule has 3 rings (SSSR count). The predicted octanol–water partition coefficient (Wildman–Crippen LogP) is 1.41. The van der Waals surface area contributed by atoms with Gasteiger partial charge in [-0.25, -0.2) is 8.42 Å². The van der Waals surface area contributed by atoms with Crippen molar-refractivity contribution in [3.63, 3.8) is 0 Å². The first-order chi connectivity index (χ1) is 14.6. The van der Waals surface area contributed by atoms with E-state index in [-0.39, 0.29) is 43.3 Å². The molecule has 0 spiro atoms.